The van der Waals surface area contributed by atoms with Crippen LogP contribution in [0, 0.1) is 5.82 Å². The van der Waals surface area contributed by atoms with Gasteiger partial charge in [-0.1, -0.05) is 54.1 Å². The highest BCUT2D eigenvalue weighted by Crippen LogP contribution is 2.29. The molecule has 3 aromatic carbocycles. The third kappa shape index (κ3) is 7.61. The van der Waals surface area contributed by atoms with E-state index in [1.807, 2.05) is 30.3 Å². The lowest BCUT2D eigenvalue weighted by atomic mass is 9.91. The van der Waals surface area contributed by atoms with Gasteiger partial charge in [0.25, 0.3) is 20.2 Å². The van der Waals surface area contributed by atoms with Crippen molar-refractivity contribution in [3.05, 3.63) is 101 Å². The molecule has 1 aliphatic rings. The maximum Gasteiger partial charge on any atom is 0.285 e. The molecule has 0 amide bonds. The molecule has 0 saturated carbocycles. The van der Waals surface area contributed by atoms with Gasteiger partial charge in [-0.2, -0.15) is 26.7 Å². The molecule has 0 bridgehead atoms. The molecule has 0 unspecified atom stereocenters. The molecule has 39 heavy (non-hydrogen) atoms. The largest absolute Gasteiger partial charge is 0.352 e. The first-order valence-electron chi connectivity index (χ1n) is 11.7. The average molecular weight is 593 g/mol. The Labute approximate surface area is 231 Å². The van der Waals surface area contributed by atoms with Crippen molar-refractivity contribution in [1.29, 1.82) is 0 Å². The Hall–Kier alpha value is -3.36. The Morgan fingerprint density at radius 1 is 1.08 bits per heavy atom. The summed E-state index contributed by atoms with van der Waals surface area (Å²) < 4.78 is 69.2. The van der Waals surface area contributed by atoms with E-state index in [1.165, 1.54) is 41.4 Å². The van der Waals surface area contributed by atoms with Gasteiger partial charge in [-0.15, -0.1) is 4.40 Å². The van der Waals surface area contributed by atoms with Crippen LogP contribution in [0.2, 0.25) is 5.02 Å². The molecule has 4 rings (SSSR count). The molecule has 3 aromatic rings. The third-order valence-electron chi connectivity index (χ3n) is 5.75. The summed E-state index contributed by atoms with van der Waals surface area (Å²) in [6, 6.07) is 20.1. The molecule has 0 spiro atoms. The molecule has 1 heterocycles. The fourth-order valence-corrected chi connectivity index (χ4v) is 5.71. The second kappa shape index (κ2) is 11.8. The van der Waals surface area contributed by atoms with Gasteiger partial charge in [0, 0.05) is 23.5 Å². The zero-order chi connectivity index (χ0) is 28.2. The quantitative estimate of drug-likeness (QED) is 0.271. The highest BCUT2D eigenvalue weighted by atomic mass is 35.5. The molecule has 206 valence electrons. The zero-order valence-electron chi connectivity index (χ0n) is 20.7. The van der Waals surface area contributed by atoms with Crippen LogP contribution in [0.5, 0.6) is 0 Å². The molecular formula is C25H26ClFN6O4S2. The molecule has 0 fully saturated rings. The fourth-order valence-electron chi connectivity index (χ4n) is 3.97. The first-order chi connectivity index (χ1) is 18.4. The van der Waals surface area contributed by atoms with Gasteiger partial charge < -0.3 is 5.32 Å². The lowest BCUT2D eigenvalue weighted by Crippen LogP contribution is -2.47. The summed E-state index contributed by atoms with van der Waals surface area (Å²) >= 11 is 5.91. The molecule has 0 radical (unpaired) electrons. The zero-order valence-corrected chi connectivity index (χ0v) is 23.1. The molecule has 2 atom stereocenters. The number of hydrazone groups is 1. The van der Waals surface area contributed by atoms with E-state index in [-0.39, 0.29) is 29.9 Å². The first kappa shape index (κ1) is 28.6. The minimum Gasteiger partial charge on any atom is -0.352 e. The van der Waals surface area contributed by atoms with Crippen LogP contribution in [0.4, 0.5) is 4.39 Å². The summed E-state index contributed by atoms with van der Waals surface area (Å²) in [7, 11) is -8.22. The fraction of sp³-hybridized carbons (Fsp3) is 0.200. The van der Waals surface area contributed by atoms with E-state index in [0.29, 0.717) is 16.3 Å². The lowest BCUT2D eigenvalue weighted by molar-refractivity contribution is 0.450. The predicted molar refractivity (Wildman–Crippen MR) is 149 cm³/mol. The Kier molecular flexibility index (Phi) is 8.67. The molecule has 1 aliphatic heterocycles. The van der Waals surface area contributed by atoms with E-state index in [2.05, 4.69) is 19.5 Å². The summed E-state index contributed by atoms with van der Waals surface area (Å²) in [5, 5.41) is 14.4. The normalized spacial score (nSPS) is 17.1. The van der Waals surface area contributed by atoms with Gasteiger partial charge in [-0.05, 0) is 54.4 Å². The smallest absolute Gasteiger partial charge is 0.285 e. The number of guanidine groups is 1. The van der Waals surface area contributed by atoms with Crippen LogP contribution in [0.1, 0.15) is 24.0 Å². The van der Waals surface area contributed by atoms with E-state index < -0.39 is 32.1 Å². The van der Waals surface area contributed by atoms with Crippen molar-refractivity contribution in [2.24, 2.45) is 14.6 Å². The Morgan fingerprint density at radius 2 is 1.72 bits per heavy atom. The van der Waals surface area contributed by atoms with E-state index >= 15 is 0 Å². The highest BCUT2D eigenvalue weighted by molar-refractivity contribution is 7.90. The minimum absolute atomic E-state index is 0.0562. The monoisotopic (exact) mass is 592 g/mol. The summed E-state index contributed by atoms with van der Waals surface area (Å²) in [6.07, 6.45) is 0. The molecule has 10 nitrogen and oxygen atoms in total. The van der Waals surface area contributed by atoms with Crippen LogP contribution in [0.3, 0.4) is 0 Å². The van der Waals surface area contributed by atoms with Crippen molar-refractivity contribution in [3.8, 4) is 0 Å². The molecule has 0 aromatic heterocycles. The van der Waals surface area contributed by atoms with Crippen LogP contribution in [-0.2, 0) is 20.2 Å². The summed E-state index contributed by atoms with van der Waals surface area (Å²) in [5.74, 6) is -0.840. The maximum absolute atomic E-state index is 13.7. The lowest BCUT2D eigenvalue weighted by Gasteiger charge is -2.21. The van der Waals surface area contributed by atoms with E-state index in [1.54, 1.807) is 19.1 Å². The van der Waals surface area contributed by atoms with Crippen LogP contribution < -0.4 is 15.2 Å². The topological polar surface area (TPSA) is 146 Å². The molecule has 14 heteroatoms. The second-order valence-corrected chi connectivity index (χ2v) is 12.2. The van der Waals surface area contributed by atoms with Crippen molar-refractivity contribution < 1.29 is 21.2 Å². The van der Waals surface area contributed by atoms with Gasteiger partial charge >= 0.3 is 0 Å². The Bertz CT molecular complexity index is 1580. The van der Waals surface area contributed by atoms with Crippen molar-refractivity contribution in [3.63, 3.8) is 0 Å². The highest BCUT2D eigenvalue weighted by Gasteiger charge is 2.32. The van der Waals surface area contributed by atoms with Crippen molar-refractivity contribution in [2.45, 2.75) is 23.8 Å². The summed E-state index contributed by atoms with van der Waals surface area (Å²) in [6.45, 7) is 1.70. The number of benzene rings is 3. The van der Waals surface area contributed by atoms with Gasteiger partial charge in [0.1, 0.15) is 5.82 Å². The predicted octanol–water partition coefficient (Wildman–Crippen LogP) is 2.80. The average Bonchev–Trinajstić information content (AvgIpc) is 3.32. The Morgan fingerprint density at radius 3 is 2.33 bits per heavy atom. The number of halogens is 2. The number of hydrogen-bond donors (Lipinski definition) is 3. The van der Waals surface area contributed by atoms with Gasteiger partial charge in [0.15, 0.2) is 0 Å². The SMILES string of the molecule is C[C@H](CN/C(=N\S(=O)(=O)c1ccc(Cl)cc1)N1C[C@H](c2ccccc2)C(c2ccc(F)cc2)=N1)NS(N)(=O)=O. The summed E-state index contributed by atoms with van der Waals surface area (Å²) in [4.78, 5) is -0.0940. The number of nitrogens with zero attached hydrogens (tertiary/aromatic N) is 3. The maximum atomic E-state index is 13.7. The van der Waals surface area contributed by atoms with Crippen molar-refractivity contribution in [1.82, 2.24) is 15.0 Å². The van der Waals surface area contributed by atoms with E-state index in [9.17, 15) is 21.2 Å². The van der Waals surface area contributed by atoms with Crippen LogP contribution in [0.15, 0.2) is 93.3 Å². The minimum atomic E-state index is -4.22. The number of hydrogen-bond acceptors (Lipinski definition) is 5. The van der Waals surface area contributed by atoms with Crippen LogP contribution >= 0.6 is 11.6 Å². The molecule has 0 saturated heterocycles. The van der Waals surface area contributed by atoms with E-state index in [4.69, 9.17) is 16.7 Å². The van der Waals surface area contributed by atoms with Crippen LogP contribution in [-0.4, -0.2) is 52.6 Å². The molecule has 0 aliphatic carbocycles. The number of nitrogens with one attached hydrogen (secondary N) is 2. The molecular weight excluding hydrogens is 567 g/mol. The van der Waals surface area contributed by atoms with Crippen molar-refractivity contribution in [2.75, 3.05) is 13.1 Å². The summed E-state index contributed by atoms with van der Waals surface area (Å²) in [5.41, 5.74) is 2.14. The van der Waals surface area contributed by atoms with Gasteiger partial charge in [-0.25, -0.2) is 14.5 Å². The van der Waals surface area contributed by atoms with Crippen molar-refractivity contribution >= 4 is 43.5 Å². The Balaban J connectivity index is 1.75. The van der Waals surface area contributed by atoms with Gasteiger partial charge in [0.2, 0.25) is 5.96 Å². The molecule has 4 N–H and O–H groups in total. The number of sulfonamides is 1. The standard InChI is InChI=1S/C25H26ClFN6O4S2/c1-17(31-39(28,36)37)15-29-25(32-38(34,35)22-13-9-20(26)10-14-22)33-16-23(18-5-3-2-4-6-18)24(30-33)19-7-11-21(27)12-8-19/h2-14,17,23,31H,15-16H2,1H3,(H,29,32)(H2,28,36,37)/t17-,23-/m1/s1. The van der Waals surface area contributed by atoms with Crippen LogP contribution in [0.25, 0.3) is 0 Å². The van der Waals surface area contributed by atoms with E-state index in [0.717, 1.165) is 5.56 Å². The number of rotatable bonds is 8. The van der Waals surface area contributed by atoms with Gasteiger partial charge in [0.05, 0.1) is 17.2 Å². The first-order valence-corrected chi connectivity index (χ1v) is 15.1. The second-order valence-electron chi connectivity index (χ2n) is 8.83. The van der Waals surface area contributed by atoms with Gasteiger partial charge in [-0.3, -0.25) is 0 Å². The third-order valence-corrected chi connectivity index (χ3v) is 8.01. The number of nitrogens with two attached hydrogens (primary N) is 1.